The molecule has 0 spiro atoms. The van der Waals surface area contributed by atoms with Gasteiger partial charge in [0.15, 0.2) is 0 Å². The van der Waals surface area contributed by atoms with Crippen LogP contribution in [0, 0.1) is 0 Å². The van der Waals surface area contributed by atoms with Gasteiger partial charge in [0, 0.05) is 41.8 Å². The molecule has 4 rings (SSSR count). The Balaban J connectivity index is 1.50. The van der Waals surface area contributed by atoms with Crippen molar-refractivity contribution in [3.05, 3.63) is 108 Å². The minimum Gasteiger partial charge on any atom is -0.491 e. The fourth-order valence-corrected chi connectivity index (χ4v) is 4.26. The van der Waals surface area contributed by atoms with Crippen LogP contribution in [0.3, 0.4) is 0 Å². The van der Waals surface area contributed by atoms with E-state index in [2.05, 4.69) is 10.3 Å². The zero-order valence-electron chi connectivity index (χ0n) is 24.3. The van der Waals surface area contributed by atoms with Crippen LogP contribution in [-0.2, 0) is 11.2 Å². The molecule has 0 saturated heterocycles. The molecule has 4 aromatic rings. The van der Waals surface area contributed by atoms with E-state index in [-0.39, 0.29) is 12.0 Å². The Morgan fingerprint density at radius 1 is 0.878 bits per heavy atom. The Bertz CT molecular complexity index is 1440. The molecule has 7 heteroatoms. The fraction of sp³-hybridized carbons (Fsp3) is 0.265. The molecule has 0 aliphatic carbocycles. The smallest absolute Gasteiger partial charge is 0.414 e. The molecule has 0 bridgehead atoms. The number of nitrogens with zero attached hydrogens (tertiary/aromatic N) is 2. The summed E-state index contributed by atoms with van der Waals surface area (Å²) in [6, 6.07) is 28.1. The van der Waals surface area contributed by atoms with Gasteiger partial charge in [0.05, 0.1) is 6.10 Å². The summed E-state index contributed by atoms with van der Waals surface area (Å²) >= 11 is 0. The van der Waals surface area contributed by atoms with E-state index in [1.165, 1.54) is 0 Å². The maximum Gasteiger partial charge on any atom is 0.414 e. The summed E-state index contributed by atoms with van der Waals surface area (Å²) in [7, 11) is 0. The van der Waals surface area contributed by atoms with Crippen LogP contribution in [0.2, 0.25) is 0 Å². The number of amides is 2. The third-order valence-electron chi connectivity index (χ3n) is 6.08. The molecule has 0 fully saturated rings. The number of anilines is 2. The molecular weight excluding hydrogens is 514 g/mol. The third kappa shape index (κ3) is 8.42. The van der Waals surface area contributed by atoms with Gasteiger partial charge in [-0.1, -0.05) is 36.4 Å². The van der Waals surface area contributed by atoms with Gasteiger partial charge < -0.3 is 14.8 Å². The average molecular weight is 552 g/mol. The summed E-state index contributed by atoms with van der Waals surface area (Å²) in [5, 5.41) is 2.99. The normalized spacial score (nSPS) is 11.2. The minimum atomic E-state index is -0.636. The van der Waals surface area contributed by atoms with E-state index in [0.29, 0.717) is 29.9 Å². The Hall–Kier alpha value is -4.65. The summed E-state index contributed by atoms with van der Waals surface area (Å²) in [4.78, 5) is 32.4. The van der Waals surface area contributed by atoms with Crippen molar-refractivity contribution in [2.45, 2.75) is 52.7 Å². The van der Waals surface area contributed by atoms with Gasteiger partial charge in [-0.25, -0.2) is 4.79 Å². The lowest BCUT2D eigenvalue weighted by Gasteiger charge is -2.27. The number of carbonyl (C=O) groups excluding carboxylic acids is 2. The van der Waals surface area contributed by atoms with Crippen molar-refractivity contribution in [1.82, 2.24) is 4.98 Å². The molecule has 41 heavy (non-hydrogen) atoms. The molecule has 0 aliphatic heterocycles. The maximum absolute atomic E-state index is 13.3. The Morgan fingerprint density at radius 2 is 1.56 bits per heavy atom. The average Bonchev–Trinajstić information content (AvgIpc) is 2.94. The lowest BCUT2D eigenvalue weighted by molar-refractivity contribution is 0.0580. The van der Waals surface area contributed by atoms with Gasteiger partial charge in [-0.05, 0) is 100 Å². The first kappa shape index (κ1) is 29.3. The molecule has 1 heterocycles. The molecule has 212 valence electrons. The number of carbonyl (C=O) groups is 2. The summed E-state index contributed by atoms with van der Waals surface area (Å²) in [5.41, 5.74) is 3.82. The first-order chi connectivity index (χ1) is 19.6. The standard InChI is InChI=1S/C34H37N3O4/c1-24(2)40-29-19-13-25(14-20-29)30-11-6-7-12-31(30)32(38)36-27-15-17-28(18-16-27)37(33(39)41-34(3,4)5)23-21-26-10-8-9-22-35-26/h6-20,22,24H,21,23H2,1-5H3,(H,36,38). The third-order valence-corrected chi connectivity index (χ3v) is 6.08. The van der Waals surface area contributed by atoms with Gasteiger partial charge in [0.1, 0.15) is 11.4 Å². The van der Waals surface area contributed by atoms with Crippen LogP contribution >= 0.6 is 0 Å². The number of aromatic nitrogens is 1. The first-order valence-corrected chi connectivity index (χ1v) is 13.8. The van der Waals surface area contributed by atoms with Crippen LogP contribution in [0.5, 0.6) is 5.75 Å². The van der Waals surface area contributed by atoms with Crippen LogP contribution < -0.4 is 15.0 Å². The second kappa shape index (κ2) is 13.1. The van der Waals surface area contributed by atoms with Crippen molar-refractivity contribution < 1.29 is 19.1 Å². The van der Waals surface area contributed by atoms with Crippen LogP contribution in [0.4, 0.5) is 16.2 Å². The second-order valence-electron chi connectivity index (χ2n) is 10.9. The van der Waals surface area contributed by atoms with Crippen molar-refractivity contribution in [1.29, 1.82) is 0 Å². The van der Waals surface area contributed by atoms with Crippen molar-refractivity contribution in [2.24, 2.45) is 0 Å². The van der Waals surface area contributed by atoms with Crippen molar-refractivity contribution >= 4 is 23.4 Å². The van der Waals surface area contributed by atoms with Gasteiger partial charge in [0.25, 0.3) is 5.91 Å². The Kier molecular flexibility index (Phi) is 9.40. The predicted molar refractivity (Wildman–Crippen MR) is 164 cm³/mol. The number of nitrogens with one attached hydrogen (secondary N) is 1. The molecule has 0 atom stereocenters. The van der Waals surface area contributed by atoms with E-state index >= 15 is 0 Å². The monoisotopic (exact) mass is 551 g/mol. The van der Waals surface area contributed by atoms with E-state index in [9.17, 15) is 9.59 Å². The van der Waals surface area contributed by atoms with Gasteiger partial charge in [-0.2, -0.15) is 0 Å². The van der Waals surface area contributed by atoms with Crippen molar-refractivity contribution in [2.75, 3.05) is 16.8 Å². The van der Waals surface area contributed by atoms with Crippen LogP contribution in [0.1, 0.15) is 50.7 Å². The van der Waals surface area contributed by atoms with Gasteiger partial charge in [-0.3, -0.25) is 14.7 Å². The molecule has 0 saturated carbocycles. The maximum atomic E-state index is 13.3. The molecule has 0 aliphatic rings. The van der Waals surface area contributed by atoms with Crippen molar-refractivity contribution in [3.8, 4) is 16.9 Å². The van der Waals surface area contributed by atoms with Crippen LogP contribution in [0.25, 0.3) is 11.1 Å². The lowest BCUT2D eigenvalue weighted by Crippen LogP contribution is -2.38. The summed E-state index contributed by atoms with van der Waals surface area (Å²) in [5.74, 6) is 0.557. The van der Waals surface area contributed by atoms with Gasteiger partial charge in [-0.15, -0.1) is 0 Å². The van der Waals surface area contributed by atoms with E-state index in [1.54, 1.807) is 41.4 Å². The predicted octanol–water partition coefficient (Wildman–Crippen LogP) is 7.77. The Labute approximate surface area is 242 Å². The SMILES string of the molecule is CC(C)Oc1ccc(-c2ccccc2C(=O)Nc2ccc(N(CCc3ccccn3)C(=O)OC(C)(C)C)cc2)cc1. The highest BCUT2D eigenvalue weighted by molar-refractivity contribution is 6.08. The second-order valence-corrected chi connectivity index (χ2v) is 10.9. The molecule has 0 unspecified atom stereocenters. The van der Waals surface area contributed by atoms with E-state index in [0.717, 1.165) is 22.6 Å². The molecular formula is C34H37N3O4. The van der Waals surface area contributed by atoms with E-state index in [4.69, 9.17) is 9.47 Å². The minimum absolute atomic E-state index is 0.0855. The molecule has 3 aromatic carbocycles. The number of benzene rings is 3. The topological polar surface area (TPSA) is 80.8 Å². The summed E-state index contributed by atoms with van der Waals surface area (Å²) in [6.07, 6.45) is 1.95. The quantitative estimate of drug-likeness (QED) is 0.230. The highest BCUT2D eigenvalue weighted by atomic mass is 16.6. The highest BCUT2D eigenvalue weighted by Gasteiger charge is 2.23. The van der Waals surface area contributed by atoms with E-state index in [1.807, 2.05) is 95.3 Å². The van der Waals surface area contributed by atoms with Crippen molar-refractivity contribution in [3.63, 3.8) is 0 Å². The number of pyridine rings is 1. The zero-order chi connectivity index (χ0) is 29.4. The molecule has 0 radical (unpaired) electrons. The van der Waals surface area contributed by atoms with Gasteiger partial charge >= 0.3 is 6.09 Å². The summed E-state index contributed by atoms with van der Waals surface area (Å²) < 4.78 is 11.4. The number of hydrogen-bond donors (Lipinski definition) is 1. The molecule has 1 aromatic heterocycles. The van der Waals surface area contributed by atoms with Gasteiger partial charge in [0.2, 0.25) is 0 Å². The molecule has 2 amide bonds. The number of hydrogen-bond acceptors (Lipinski definition) is 5. The largest absolute Gasteiger partial charge is 0.491 e. The highest BCUT2D eigenvalue weighted by Crippen LogP contribution is 2.28. The first-order valence-electron chi connectivity index (χ1n) is 13.8. The molecule has 1 N–H and O–H groups in total. The number of ether oxygens (including phenoxy) is 2. The number of rotatable bonds is 9. The van der Waals surface area contributed by atoms with E-state index < -0.39 is 11.7 Å². The zero-order valence-corrected chi connectivity index (χ0v) is 24.3. The van der Waals surface area contributed by atoms with Crippen LogP contribution in [-0.4, -0.2) is 35.2 Å². The Morgan fingerprint density at radius 3 is 2.20 bits per heavy atom. The molecule has 7 nitrogen and oxygen atoms in total. The fourth-order valence-electron chi connectivity index (χ4n) is 4.26. The van der Waals surface area contributed by atoms with Crippen LogP contribution in [0.15, 0.2) is 97.2 Å². The lowest BCUT2D eigenvalue weighted by atomic mass is 9.99. The summed E-state index contributed by atoms with van der Waals surface area (Å²) in [6.45, 7) is 9.88.